The smallest absolute Gasteiger partial charge is 0.319 e. The number of benzene rings is 2. The summed E-state index contributed by atoms with van der Waals surface area (Å²) in [4.78, 5) is 12.0. The molecule has 254 valence electrons. The molecule has 0 radical (unpaired) electrons. The average Bonchev–Trinajstić information content (AvgIpc) is 3.64. The number of nitrogens with zero attached hydrogens (tertiary/aromatic N) is 5. The number of alkyl halides is 3. The zero-order valence-corrected chi connectivity index (χ0v) is 27.3. The van der Waals surface area contributed by atoms with E-state index in [0.29, 0.717) is 13.0 Å². The van der Waals surface area contributed by atoms with Crippen molar-refractivity contribution >= 4 is 54.7 Å². The van der Waals surface area contributed by atoms with Gasteiger partial charge in [-0.1, -0.05) is 17.7 Å². The van der Waals surface area contributed by atoms with Crippen molar-refractivity contribution in [2.45, 2.75) is 69.5 Å². The largest absolute Gasteiger partial charge is 0.486 e. The molecule has 7 rings (SSSR count). The summed E-state index contributed by atoms with van der Waals surface area (Å²) >= 11 is 7.75. The van der Waals surface area contributed by atoms with Crippen LogP contribution in [0.25, 0.3) is 32.1 Å². The summed E-state index contributed by atoms with van der Waals surface area (Å²) in [6.45, 7) is 2.95. The first-order valence-corrected chi connectivity index (χ1v) is 16.6. The molecule has 9 nitrogen and oxygen atoms in total. The Balaban J connectivity index is 1.50. The van der Waals surface area contributed by atoms with Crippen LogP contribution in [-0.2, 0) is 0 Å². The number of thiophene rings is 1. The lowest BCUT2D eigenvalue weighted by molar-refractivity contribution is 0.0757. The number of aliphatic hydroxyl groups is 1. The summed E-state index contributed by atoms with van der Waals surface area (Å²) < 4.78 is 87.2. The summed E-state index contributed by atoms with van der Waals surface area (Å²) in [6.07, 6.45) is -4.47. The molecule has 3 aliphatic rings. The number of anilines is 2. The predicted molar refractivity (Wildman–Crippen MR) is 172 cm³/mol. The topological polar surface area (TPSA) is 121 Å². The lowest BCUT2D eigenvalue weighted by Gasteiger charge is -2.36. The van der Waals surface area contributed by atoms with Gasteiger partial charge in [0.1, 0.15) is 47.1 Å². The standard InChI is InChI=1S/C32H30ClF5N6O3S/c1-13(45)26-14(2)47-27-22-25(24(38)21(23(27)33)16-4-5-18(35)28-20(16)17(9-39)29(40)48-28)41-31(42-30(22)44(26)11-19(36)37)46-12-32-6-3-7-43(32)10-15(34)8-32/h4-5,13-15,19,26,45H,3,6-8,10-12,40H2,1-2H3/t13-,14-,15+,26-,32-/m0/s1. The van der Waals surface area contributed by atoms with Crippen LogP contribution in [0.15, 0.2) is 12.1 Å². The molecule has 3 aliphatic heterocycles. The van der Waals surface area contributed by atoms with Crippen LogP contribution in [0.3, 0.4) is 0 Å². The summed E-state index contributed by atoms with van der Waals surface area (Å²) in [7, 11) is 0. The van der Waals surface area contributed by atoms with Crippen LogP contribution in [-0.4, -0.2) is 82.6 Å². The first-order chi connectivity index (χ1) is 22.8. The van der Waals surface area contributed by atoms with Gasteiger partial charge < -0.3 is 25.2 Å². The molecule has 0 bridgehead atoms. The predicted octanol–water partition coefficient (Wildman–Crippen LogP) is 6.45. The number of halogens is 6. The van der Waals surface area contributed by atoms with Gasteiger partial charge in [-0.15, -0.1) is 11.3 Å². The van der Waals surface area contributed by atoms with Gasteiger partial charge in [0.2, 0.25) is 0 Å². The minimum Gasteiger partial charge on any atom is -0.486 e. The second kappa shape index (κ2) is 12.0. The molecule has 4 aromatic rings. The molecule has 0 aliphatic carbocycles. The molecule has 0 unspecified atom stereocenters. The third-order valence-corrected chi connectivity index (χ3v) is 11.0. The highest BCUT2D eigenvalue weighted by molar-refractivity contribution is 7.23. The molecule has 5 atom stereocenters. The minimum atomic E-state index is -2.90. The number of rotatable bonds is 7. The molecule has 2 fully saturated rings. The number of aromatic nitrogens is 2. The third kappa shape index (κ3) is 5.07. The summed E-state index contributed by atoms with van der Waals surface area (Å²) in [6, 6.07) is 2.84. The number of hydrogen-bond acceptors (Lipinski definition) is 10. The molecule has 2 aromatic heterocycles. The third-order valence-electron chi connectivity index (χ3n) is 9.62. The average molecular weight is 709 g/mol. The van der Waals surface area contributed by atoms with E-state index in [1.807, 2.05) is 11.0 Å². The highest BCUT2D eigenvalue weighted by Crippen LogP contribution is 2.52. The molecular formula is C32H30ClF5N6O3S. The van der Waals surface area contributed by atoms with Crippen molar-refractivity contribution in [2.24, 2.45) is 0 Å². The fraction of sp³-hybridized carbons (Fsp3) is 0.469. The quantitative estimate of drug-likeness (QED) is 0.209. The van der Waals surface area contributed by atoms with Crippen molar-refractivity contribution in [3.05, 3.63) is 34.4 Å². The highest BCUT2D eigenvalue weighted by atomic mass is 35.5. The van der Waals surface area contributed by atoms with E-state index in [9.17, 15) is 27.9 Å². The van der Waals surface area contributed by atoms with Gasteiger partial charge in [-0.3, -0.25) is 4.90 Å². The Morgan fingerprint density at radius 1 is 1.29 bits per heavy atom. The van der Waals surface area contributed by atoms with Crippen molar-refractivity contribution in [1.29, 1.82) is 5.26 Å². The van der Waals surface area contributed by atoms with E-state index in [1.54, 1.807) is 6.92 Å². The van der Waals surface area contributed by atoms with Crippen LogP contribution in [0.5, 0.6) is 11.8 Å². The van der Waals surface area contributed by atoms with Gasteiger partial charge in [-0.25, -0.2) is 22.0 Å². The molecule has 0 amide bonds. The highest BCUT2D eigenvalue weighted by Gasteiger charge is 2.49. The van der Waals surface area contributed by atoms with Gasteiger partial charge in [-0.2, -0.15) is 15.2 Å². The van der Waals surface area contributed by atoms with Crippen molar-refractivity contribution in [1.82, 2.24) is 14.9 Å². The summed E-state index contributed by atoms with van der Waals surface area (Å²) in [5, 5.41) is 20.3. The van der Waals surface area contributed by atoms with Gasteiger partial charge in [0, 0.05) is 23.9 Å². The number of aliphatic hydroxyl groups excluding tert-OH is 1. The maximum Gasteiger partial charge on any atom is 0.319 e. The van der Waals surface area contributed by atoms with E-state index in [1.165, 1.54) is 13.0 Å². The molecular weight excluding hydrogens is 679 g/mol. The van der Waals surface area contributed by atoms with Crippen molar-refractivity contribution in [2.75, 3.05) is 36.9 Å². The number of nitrogens with two attached hydrogens (primary N) is 1. The SMILES string of the molecule is C[C@H](O)[C@H]1[C@H](C)Oc2c(Cl)c(-c3ccc(F)c4sc(N)c(C#N)c34)c(F)c3nc(OC[C@@]45CCCN4C[C@H](F)C5)nc(c23)N1CC(F)F. The van der Waals surface area contributed by atoms with Crippen molar-refractivity contribution in [3.8, 4) is 29.0 Å². The molecule has 5 heterocycles. The Morgan fingerprint density at radius 3 is 2.77 bits per heavy atom. The lowest BCUT2D eigenvalue weighted by atomic mass is 9.95. The first-order valence-electron chi connectivity index (χ1n) is 15.4. The molecule has 2 saturated heterocycles. The summed E-state index contributed by atoms with van der Waals surface area (Å²) in [5.74, 6) is -2.08. The molecule has 16 heteroatoms. The number of hydrogen-bond donors (Lipinski definition) is 2. The summed E-state index contributed by atoms with van der Waals surface area (Å²) in [5.41, 5.74) is 4.66. The van der Waals surface area contributed by atoms with Crippen LogP contribution in [0.2, 0.25) is 5.02 Å². The zero-order valence-electron chi connectivity index (χ0n) is 25.7. The van der Waals surface area contributed by atoms with Crippen molar-refractivity contribution in [3.63, 3.8) is 0 Å². The van der Waals surface area contributed by atoms with E-state index >= 15 is 4.39 Å². The van der Waals surface area contributed by atoms with E-state index in [0.717, 1.165) is 28.7 Å². The van der Waals surface area contributed by atoms with E-state index in [4.69, 9.17) is 26.8 Å². The monoisotopic (exact) mass is 708 g/mol. The van der Waals surface area contributed by atoms with Gasteiger partial charge in [-0.05, 0) is 44.9 Å². The first kappa shape index (κ1) is 32.8. The fourth-order valence-electron chi connectivity index (χ4n) is 7.67. The van der Waals surface area contributed by atoms with Crippen LogP contribution in [0.4, 0.5) is 32.8 Å². The molecule has 3 N–H and O–H groups in total. The Hall–Kier alpha value is -3.71. The van der Waals surface area contributed by atoms with E-state index in [2.05, 4.69) is 9.97 Å². The van der Waals surface area contributed by atoms with Crippen LogP contribution in [0.1, 0.15) is 38.7 Å². The van der Waals surface area contributed by atoms with E-state index in [-0.39, 0.29) is 79.3 Å². The lowest BCUT2D eigenvalue weighted by Crippen LogP contribution is -2.52. The number of nitriles is 1. The molecule has 0 spiro atoms. The Bertz CT molecular complexity index is 1990. The zero-order chi connectivity index (χ0) is 34.2. The number of fused-ring (bicyclic) bond motifs is 2. The maximum atomic E-state index is 17.1. The number of ether oxygens (including phenoxy) is 2. The van der Waals surface area contributed by atoms with Crippen LogP contribution in [0, 0.1) is 23.0 Å². The van der Waals surface area contributed by atoms with E-state index < -0.39 is 60.1 Å². The minimum absolute atomic E-state index is 0.00467. The van der Waals surface area contributed by atoms with Gasteiger partial charge in [0.25, 0.3) is 6.43 Å². The van der Waals surface area contributed by atoms with Gasteiger partial charge in [0.15, 0.2) is 11.6 Å². The molecule has 0 saturated carbocycles. The molecule has 2 aromatic carbocycles. The Labute approximate surface area is 280 Å². The number of nitrogen functional groups attached to an aromatic ring is 1. The van der Waals surface area contributed by atoms with Crippen LogP contribution >= 0.6 is 22.9 Å². The maximum absolute atomic E-state index is 17.1. The van der Waals surface area contributed by atoms with Crippen LogP contribution < -0.4 is 20.1 Å². The Kier molecular flexibility index (Phi) is 8.21. The van der Waals surface area contributed by atoms with Gasteiger partial charge in [0.05, 0.1) is 44.9 Å². The van der Waals surface area contributed by atoms with Crippen molar-refractivity contribution < 1.29 is 36.5 Å². The fourth-order valence-corrected chi connectivity index (χ4v) is 8.94. The van der Waals surface area contributed by atoms with Gasteiger partial charge >= 0.3 is 6.01 Å². The second-order valence-electron chi connectivity index (χ2n) is 12.6. The normalized spacial score (nSPS) is 24.6. The molecule has 48 heavy (non-hydrogen) atoms. The Morgan fingerprint density at radius 2 is 2.06 bits per heavy atom. The second-order valence-corrected chi connectivity index (χ2v) is 14.0.